The average molecular weight is 305 g/mol. The van der Waals surface area contributed by atoms with E-state index >= 15 is 0 Å². The van der Waals surface area contributed by atoms with Gasteiger partial charge >= 0.3 is 10.4 Å². The molecule has 36 valence electrons. The van der Waals surface area contributed by atoms with Crippen molar-refractivity contribution in [2.45, 2.75) is 0 Å². The molecule has 6 heavy (non-hydrogen) atoms. The van der Waals surface area contributed by atoms with Crippen molar-refractivity contribution in [2.24, 2.45) is 0 Å². The van der Waals surface area contributed by atoms with Gasteiger partial charge in [-0.25, -0.2) is 0 Å². The summed E-state index contributed by atoms with van der Waals surface area (Å²) in [6.07, 6.45) is 0. The largest absolute Gasteiger partial charge is 0.394 e. The van der Waals surface area contributed by atoms with Crippen LogP contribution in [0.3, 0.4) is 0 Å². The second-order valence-electron chi connectivity index (χ2n) is 0.448. The Balaban J connectivity index is 0. The fourth-order valence-corrected chi connectivity index (χ4v) is 0. The summed E-state index contributed by atoms with van der Waals surface area (Å²) in [5.74, 6) is 0. The van der Waals surface area contributed by atoms with E-state index in [-0.39, 0.29) is 27.3 Å². The molecule has 0 aliphatic carbocycles. The molecule has 0 bridgehead atoms. The summed E-state index contributed by atoms with van der Waals surface area (Å²) in [6.45, 7) is 0. The molecule has 0 rings (SSSR count). The van der Waals surface area contributed by atoms with E-state index in [2.05, 4.69) is 0 Å². The SMILES string of the molecule is O=S(=O)(O)O.[Pb]. The first-order valence-electron chi connectivity index (χ1n) is 0.698. The molecular weight excluding hydrogens is 303 g/mol. The molecule has 0 aromatic rings. The molecule has 0 unspecified atom stereocenters. The summed E-state index contributed by atoms with van der Waals surface area (Å²) in [4.78, 5) is 0. The molecule has 6 heteroatoms. The molecule has 0 fully saturated rings. The zero-order valence-electron chi connectivity index (χ0n) is 2.62. The molecule has 0 saturated carbocycles. The van der Waals surface area contributed by atoms with Crippen molar-refractivity contribution < 1.29 is 17.5 Å². The van der Waals surface area contributed by atoms with E-state index in [1.165, 1.54) is 0 Å². The Morgan fingerprint density at radius 3 is 1.17 bits per heavy atom. The fraction of sp³-hybridized carbons (Fsp3) is 0. The number of hydrogen-bond acceptors (Lipinski definition) is 2. The van der Waals surface area contributed by atoms with Gasteiger partial charge in [0.1, 0.15) is 0 Å². The van der Waals surface area contributed by atoms with Crippen molar-refractivity contribution in [1.82, 2.24) is 0 Å². The van der Waals surface area contributed by atoms with Crippen LogP contribution < -0.4 is 0 Å². The Kier molecular flexibility index (Phi) is 4.77. The maximum Gasteiger partial charge on any atom is 0.394 e. The normalized spacial score (nSPS) is 9.67. The zero-order valence-corrected chi connectivity index (χ0v) is 7.32. The molecule has 0 aliphatic heterocycles. The van der Waals surface area contributed by atoms with Crippen LogP contribution in [-0.4, -0.2) is 44.8 Å². The van der Waals surface area contributed by atoms with E-state index in [0.717, 1.165) is 0 Å². The van der Waals surface area contributed by atoms with Gasteiger partial charge in [-0.1, -0.05) is 0 Å². The quantitative estimate of drug-likeness (QED) is 0.443. The van der Waals surface area contributed by atoms with Crippen LogP contribution in [0.2, 0.25) is 0 Å². The molecule has 0 atom stereocenters. The van der Waals surface area contributed by atoms with Crippen molar-refractivity contribution in [3.63, 3.8) is 0 Å². The maximum atomic E-state index is 8.74. The van der Waals surface area contributed by atoms with E-state index < -0.39 is 10.4 Å². The molecule has 0 saturated heterocycles. The number of rotatable bonds is 0. The van der Waals surface area contributed by atoms with Crippen LogP contribution >= 0.6 is 0 Å². The molecule has 0 spiro atoms. The van der Waals surface area contributed by atoms with Crippen molar-refractivity contribution in [3.8, 4) is 0 Å². The Morgan fingerprint density at radius 1 is 1.17 bits per heavy atom. The first-order chi connectivity index (χ1) is 2.00. The minimum atomic E-state index is -4.67. The van der Waals surface area contributed by atoms with E-state index in [0.29, 0.717) is 0 Å². The summed E-state index contributed by atoms with van der Waals surface area (Å²) in [5, 5.41) is 0. The third-order valence-electron chi connectivity index (χ3n) is 0. The van der Waals surface area contributed by atoms with Crippen LogP contribution in [0, 0.1) is 0 Å². The Labute approximate surface area is 55.3 Å². The Bertz CT molecular complexity index is 90.7. The van der Waals surface area contributed by atoms with Crippen molar-refractivity contribution in [3.05, 3.63) is 0 Å². The van der Waals surface area contributed by atoms with Crippen LogP contribution in [0.15, 0.2) is 0 Å². The van der Waals surface area contributed by atoms with E-state index in [1.54, 1.807) is 0 Å². The second-order valence-corrected chi connectivity index (χ2v) is 1.34. The average Bonchev–Trinajstić information content (AvgIpc) is 0.722. The van der Waals surface area contributed by atoms with Gasteiger partial charge in [0.05, 0.1) is 0 Å². The van der Waals surface area contributed by atoms with Gasteiger partial charge in [-0.2, -0.15) is 8.42 Å². The van der Waals surface area contributed by atoms with Crippen molar-refractivity contribution in [1.29, 1.82) is 0 Å². The maximum absolute atomic E-state index is 8.74. The third-order valence-corrected chi connectivity index (χ3v) is 0. The fourth-order valence-electron chi connectivity index (χ4n) is 0. The van der Waals surface area contributed by atoms with Crippen LogP contribution in [0.5, 0.6) is 0 Å². The summed E-state index contributed by atoms with van der Waals surface area (Å²) in [7, 11) is -4.67. The van der Waals surface area contributed by atoms with Gasteiger partial charge in [0.15, 0.2) is 0 Å². The van der Waals surface area contributed by atoms with Gasteiger partial charge < -0.3 is 0 Å². The van der Waals surface area contributed by atoms with Crippen LogP contribution in [0.25, 0.3) is 0 Å². The molecule has 0 aromatic heterocycles. The van der Waals surface area contributed by atoms with Gasteiger partial charge in [0.25, 0.3) is 0 Å². The Morgan fingerprint density at radius 2 is 1.17 bits per heavy atom. The summed E-state index contributed by atoms with van der Waals surface area (Å²) < 4.78 is 31.6. The van der Waals surface area contributed by atoms with E-state index in [9.17, 15) is 0 Å². The summed E-state index contributed by atoms with van der Waals surface area (Å²) in [6, 6.07) is 0. The molecular formula is H2O4PbS. The van der Waals surface area contributed by atoms with E-state index in [4.69, 9.17) is 17.5 Å². The minimum absolute atomic E-state index is 0. The zero-order chi connectivity index (χ0) is 4.50. The second kappa shape index (κ2) is 2.88. The van der Waals surface area contributed by atoms with Crippen molar-refractivity contribution in [2.75, 3.05) is 0 Å². The predicted molar refractivity (Wildman–Crippen MR) is 19.9 cm³/mol. The van der Waals surface area contributed by atoms with Crippen LogP contribution in [0.4, 0.5) is 0 Å². The van der Waals surface area contributed by atoms with Crippen LogP contribution in [-0.2, 0) is 10.4 Å². The van der Waals surface area contributed by atoms with Crippen molar-refractivity contribution >= 4 is 37.7 Å². The number of hydrogen-bond donors (Lipinski definition) is 2. The molecule has 0 aliphatic rings. The standard InChI is InChI=1S/H2O4S.Pb/c1-5(2,3)4;/h(H2,1,2,3,4);. The Hall–Kier alpha value is 0.792. The minimum Gasteiger partial charge on any atom is -0.264 e. The monoisotopic (exact) mass is 306 g/mol. The predicted octanol–water partition coefficient (Wildman–Crippen LogP) is -1.03. The summed E-state index contributed by atoms with van der Waals surface area (Å²) >= 11 is 0. The van der Waals surface area contributed by atoms with Gasteiger partial charge in [0, 0.05) is 27.3 Å². The third kappa shape index (κ3) is 110. The first kappa shape index (κ1) is 9.92. The summed E-state index contributed by atoms with van der Waals surface area (Å²) in [5.41, 5.74) is 0. The van der Waals surface area contributed by atoms with E-state index in [1.807, 2.05) is 0 Å². The van der Waals surface area contributed by atoms with Gasteiger partial charge in [-0.15, -0.1) is 0 Å². The van der Waals surface area contributed by atoms with Gasteiger partial charge in [-0.05, 0) is 0 Å². The molecule has 4 radical (unpaired) electrons. The molecule has 2 N–H and O–H groups in total. The smallest absolute Gasteiger partial charge is 0.264 e. The topological polar surface area (TPSA) is 74.6 Å². The molecule has 0 amide bonds. The molecule has 4 nitrogen and oxygen atoms in total. The molecule has 0 aromatic carbocycles. The van der Waals surface area contributed by atoms with Gasteiger partial charge in [0.2, 0.25) is 0 Å². The van der Waals surface area contributed by atoms with Gasteiger partial charge in [-0.3, -0.25) is 9.11 Å². The van der Waals surface area contributed by atoms with Crippen LogP contribution in [0.1, 0.15) is 0 Å². The first-order valence-corrected chi connectivity index (χ1v) is 2.10. The molecule has 0 heterocycles.